The van der Waals surface area contributed by atoms with Gasteiger partial charge in [-0.1, -0.05) is 0 Å². The Kier molecular flexibility index (Phi) is 3.59. The van der Waals surface area contributed by atoms with Crippen molar-refractivity contribution < 1.29 is 19.1 Å². The molecule has 2 aromatic heterocycles. The molecule has 0 amide bonds. The molecule has 1 N–H and O–H groups in total. The molecule has 8 nitrogen and oxygen atoms in total. The predicted molar refractivity (Wildman–Crippen MR) is 83.2 cm³/mol. The van der Waals surface area contributed by atoms with Gasteiger partial charge in [0, 0.05) is 32.3 Å². The number of allylic oxidation sites excluding steroid dienone is 1. The molecule has 3 rings (SSSR count). The van der Waals surface area contributed by atoms with Crippen molar-refractivity contribution in [2.24, 2.45) is 14.1 Å². The number of Topliss-reactive ketones (excluding diaryl/α,β-unsaturated/α-hetero) is 1. The summed E-state index contributed by atoms with van der Waals surface area (Å²) in [6, 6.07) is 0. The van der Waals surface area contributed by atoms with Crippen molar-refractivity contribution in [1.82, 2.24) is 9.13 Å². The van der Waals surface area contributed by atoms with Gasteiger partial charge in [0.1, 0.15) is 17.6 Å². The number of aromatic nitrogens is 2. The molecule has 0 aliphatic heterocycles. The van der Waals surface area contributed by atoms with Gasteiger partial charge in [0.2, 0.25) is 0 Å². The van der Waals surface area contributed by atoms with Gasteiger partial charge in [0.05, 0.1) is 11.1 Å². The maximum atomic E-state index is 12.6. The monoisotopic (exact) mass is 330 g/mol. The van der Waals surface area contributed by atoms with Gasteiger partial charge in [0.25, 0.3) is 5.56 Å². The maximum absolute atomic E-state index is 12.6. The summed E-state index contributed by atoms with van der Waals surface area (Å²) >= 11 is 0. The van der Waals surface area contributed by atoms with Gasteiger partial charge in [-0.15, -0.1) is 0 Å². The van der Waals surface area contributed by atoms with Gasteiger partial charge in [-0.25, -0.2) is 9.59 Å². The molecule has 124 valence electrons. The fourth-order valence-corrected chi connectivity index (χ4v) is 2.77. The van der Waals surface area contributed by atoms with Crippen molar-refractivity contribution in [3.63, 3.8) is 0 Å². The lowest BCUT2D eigenvalue weighted by atomic mass is 9.88. The van der Waals surface area contributed by atoms with Crippen LogP contribution in [-0.2, 0) is 20.5 Å². The van der Waals surface area contributed by atoms with E-state index in [0.717, 1.165) is 10.8 Å². The molecule has 2 aromatic rings. The number of carbonyl (C=O) groups excluding carboxylic acids is 1. The van der Waals surface area contributed by atoms with Crippen molar-refractivity contribution in [2.75, 3.05) is 0 Å². The lowest BCUT2D eigenvalue weighted by Crippen LogP contribution is -2.37. The summed E-state index contributed by atoms with van der Waals surface area (Å²) in [6.07, 6.45) is 4.51. The summed E-state index contributed by atoms with van der Waals surface area (Å²) in [5.74, 6) is -1.38. The van der Waals surface area contributed by atoms with Crippen LogP contribution in [0.25, 0.3) is 6.08 Å². The van der Waals surface area contributed by atoms with E-state index < -0.39 is 23.0 Å². The van der Waals surface area contributed by atoms with Crippen LogP contribution in [-0.4, -0.2) is 26.0 Å². The Bertz CT molecular complexity index is 1020. The molecule has 8 heteroatoms. The van der Waals surface area contributed by atoms with E-state index in [4.69, 9.17) is 9.52 Å². The van der Waals surface area contributed by atoms with E-state index in [0.29, 0.717) is 24.2 Å². The van der Waals surface area contributed by atoms with Crippen molar-refractivity contribution in [1.29, 1.82) is 0 Å². The largest absolute Gasteiger partial charge is 0.478 e. The molecule has 0 aromatic carbocycles. The van der Waals surface area contributed by atoms with Gasteiger partial charge in [-0.3, -0.25) is 14.2 Å². The van der Waals surface area contributed by atoms with Crippen LogP contribution in [0.1, 0.15) is 38.5 Å². The second kappa shape index (κ2) is 5.48. The number of aromatic carboxylic acids is 1. The quantitative estimate of drug-likeness (QED) is 0.807. The van der Waals surface area contributed by atoms with Gasteiger partial charge < -0.3 is 14.1 Å². The molecule has 0 saturated heterocycles. The SMILES string of the molecule is Cn1cc(/C=C2/CCc3occ(C(=O)O)c3C2=O)c(=O)n(C)c1=O. The van der Waals surface area contributed by atoms with Crippen LogP contribution in [0.5, 0.6) is 0 Å². The molecular weight excluding hydrogens is 316 g/mol. The first-order valence-electron chi connectivity index (χ1n) is 7.17. The van der Waals surface area contributed by atoms with Gasteiger partial charge in [-0.2, -0.15) is 0 Å². The molecule has 1 aliphatic carbocycles. The minimum absolute atomic E-state index is 0.0293. The first-order valence-corrected chi connectivity index (χ1v) is 7.17. The maximum Gasteiger partial charge on any atom is 0.339 e. The van der Waals surface area contributed by atoms with Crippen LogP contribution in [0.15, 0.2) is 32.0 Å². The van der Waals surface area contributed by atoms with Crippen LogP contribution in [0, 0.1) is 0 Å². The minimum atomic E-state index is -1.24. The molecule has 0 atom stereocenters. The van der Waals surface area contributed by atoms with E-state index in [2.05, 4.69) is 0 Å². The number of aryl methyl sites for hydroxylation is 2. The number of hydrogen-bond acceptors (Lipinski definition) is 5. The summed E-state index contributed by atoms with van der Waals surface area (Å²) in [7, 11) is 2.86. The highest BCUT2D eigenvalue weighted by atomic mass is 16.4. The fraction of sp³-hybridized carbons (Fsp3) is 0.250. The minimum Gasteiger partial charge on any atom is -0.478 e. The Morgan fingerprint density at radius 1 is 1.25 bits per heavy atom. The topological polar surface area (TPSA) is 112 Å². The Labute approximate surface area is 135 Å². The molecule has 0 radical (unpaired) electrons. The van der Waals surface area contributed by atoms with Crippen molar-refractivity contribution >= 4 is 17.8 Å². The number of ketones is 1. The van der Waals surface area contributed by atoms with Crippen LogP contribution in [0.4, 0.5) is 0 Å². The molecule has 1 aliphatic rings. The second-order valence-corrected chi connectivity index (χ2v) is 5.59. The van der Waals surface area contributed by atoms with Crippen molar-refractivity contribution in [2.45, 2.75) is 12.8 Å². The second-order valence-electron chi connectivity index (χ2n) is 5.59. The number of fused-ring (bicyclic) bond motifs is 1. The number of carbonyl (C=O) groups is 2. The molecule has 0 bridgehead atoms. The molecule has 2 heterocycles. The third-order valence-electron chi connectivity index (χ3n) is 4.04. The first-order chi connectivity index (χ1) is 11.3. The number of carboxylic acid groups (broad SMARTS) is 1. The summed E-state index contributed by atoms with van der Waals surface area (Å²) in [6.45, 7) is 0. The van der Waals surface area contributed by atoms with Crippen molar-refractivity contribution in [3.05, 3.63) is 61.3 Å². The third-order valence-corrected chi connectivity index (χ3v) is 4.04. The normalized spacial score (nSPS) is 15.6. The van der Waals surface area contributed by atoms with E-state index in [1.54, 1.807) is 0 Å². The number of rotatable bonds is 2. The van der Waals surface area contributed by atoms with Crippen LogP contribution in [0.3, 0.4) is 0 Å². The fourth-order valence-electron chi connectivity index (χ4n) is 2.77. The molecule has 24 heavy (non-hydrogen) atoms. The Hall–Kier alpha value is -3.16. The molecule has 0 fully saturated rings. The number of carboxylic acids is 1. The summed E-state index contributed by atoms with van der Waals surface area (Å²) in [5, 5.41) is 9.15. The average molecular weight is 330 g/mol. The van der Waals surface area contributed by atoms with Gasteiger partial charge in [-0.05, 0) is 12.5 Å². The molecule has 0 saturated carbocycles. The zero-order valence-electron chi connectivity index (χ0n) is 13.0. The zero-order valence-corrected chi connectivity index (χ0v) is 13.0. The summed E-state index contributed by atoms with van der Waals surface area (Å²) in [4.78, 5) is 47.7. The Morgan fingerprint density at radius 3 is 2.62 bits per heavy atom. The molecule has 0 spiro atoms. The van der Waals surface area contributed by atoms with E-state index >= 15 is 0 Å². The lowest BCUT2D eigenvalue weighted by molar-refractivity contribution is 0.0692. The van der Waals surface area contributed by atoms with Gasteiger partial charge >= 0.3 is 11.7 Å². The highest BCUT2D eigenvalue weighted by Gasteiger charge is 2.31. The van der Waals surface area contributed by atoms with Crippen LogP contribution in [0.2, 0.25) is 0 Å². The predicted octanol–water partition coefficient (Wildman–Crippen LogP) is 0.588. The van der Waals surface area contributed by atoms with Crippen LogP contribution < -0.4 is 11.2 Å². The van der Waals surface area contributed by atoms with Crippen LogP contribution >= 0.6 is 0 Å². The highest BCUT2D eigenvalue weighted by Crippen LogP contribution is 2.30. The van der Waals surface area contributed by atoms with E-state index in [1.165, 1.54) is 30.9 Å². The molecule has 0 unspecified atom stereocenters. The average Bonchev–Trinajstić information content (AvgIpc) is 2.98. The zero-order chi connectivity index (χ0) is 17.6. The van der Waals surface area contributed by atoms with Crippen molar-refractivity contribution in [3.8, 4) is 0 Å². The van der Waals surface area contributed by atoms with E-state index in [9.17, 15) is 19.2 Å². The number of nitrogens with zero attached hydrogens (tertiary/aromatic N) is 2. The summed E-state index contributed by atoms with van der Waals surface area (Å²) < 4.78 is 7.35. The smallest absolute Gasteiger partial charge is 0.339 e. The van der Waals surface area contributed by atoms with E-state index in [1.807, 2.05) is 0 Å². The number of furan rings is 1. The Balaban J connectivity index is 2.12. The van der Waals surface area contributed by atoms with E-state index in [-0.39, 0.29) is 16.7 Å². The summed E-state index contributed by atoms with van der Waals surface area (Å²) in [5.41, 5.74) is -0.651. The first kappa shape index (κ1) is 15.7. The lowest BCUT2D eigenvalue weighted by Gasteiger charge is -2.13. The van der Waals surface area contributed by atoms with Gasteiger partial charge in [0.15, 0.2) is 5.78 Å². The highest BCUT2D eigenvalue weighted by molar-refractivity contribution is 6.17. The standard InChI is InChI=1S/C16H14N2O6/c1-17-6-9(14(20)18(2)16(17)23)5-8-3-4-11-12(13(8)19)10(7-24-11)15(21)22/h5-7H,3-4H2,1-2H3,(H,21,22)/b8-5-. The molecular formula is C16H14N2O6. The third kappa shape index (κ3) is 2.32. The Morgan fingerprint density at radius 2 is 1.96 bits per heavy atom. The number of hydrogen-bond donors (Lipinski definition) is 1.